The molecule has 0 amide bonds. The number of para-hydroxylation sites is 1. The first-order chi connectivity index (χ1) is 12.7. The van der Waals surface area contributed by atoms with E-state index < -0.39 is 0 Å². The summed E-state index contributed by atoms with van der Waals surface area (Å²) in [5.74, 6) is 1.29. The minimum atomic E-state index is -0.352. The lowest BCUT2D eigenvalue weighted by Crippen LogP contribution is -2.19. The Morgan fingerprint density at radius 2 is 2.04 bits per heavy atom. The van der Waals surface area contributed by atoms with Crippen LogP contribution < -0.4 is 9.64 Å². The molecule has 6 heteroatoms. The average Bonchev–Trinajstić information content (AvgIpc) is 3.16. The van der Waals surface area contributed by atoms with Gasteiger partial charge in [-0.2, -0.15) is 0 Å². The summed E-state index contributed by atoms with van der Waals surface area (Å²) < 4.78 is 5.51. The molecule has 2 heterocycles. The van der Waals surface area contributed by atoms with Crippen LogP contribution in [0.1, 0.15) is 17.9 Å². The minimum Gasteiger partial charge on any atom is -0.496 e. The fourth-order valence-electron chi connectivity index (χ4n) is 3.83. The molecule has 26 heavy (non-hydrogen) atoms. The number of nitrogens with zero attached hydrogens (tertiary/aromatic N) is 3. The topological polar surface area (TPSA) is 68.5 Å². The standard InChI is InChI=1S/C20H19N3O3/c1-26-20-5-3-2-4-15(20)14-9-11-22(13-14)18-6-7-19(23(24)25)17-12-21-10-8-16(17)18/h2-8,10,12,14H,9,11,13H2,1H3. The molecular formula is C20H19N3O3. The first-order valence-electron chi connectivity index (χ1n) is 8.58. The number of nitro groups is 1. The summed E-state index contributed by atoms with van der Waals surface area (Å²) in [6.07, 6.45) is 4.28. The predicted octanol–water partition coefficient (Wildman–Crippen LogP) is 4.15. The van der Waals surface area contributed by atoms with Crippen molar-refractivity contribution < 1.29 is 9.66 Å². The van der Waals surface area contributed by atoms with Crippen LogP contribution in [-0.2, 0) is 0 Å². The van der Waals surface area contributed by atoms with E-state index in [-0.39, 0.29) is 10.6 Å². The second-order valence-electron chi connectivity index (χ2n) is 6.46. The van der Waals surface area contributed by atoms with E-state index in [4.69, 9.17) is 4.74 Å². The summed E-state index contributed by atoms with van der Waals surface area (Å²) in [7, 11) is 1.70. The molecule has 2 aromatic carbocycles. The van der Waals surface area contributed by atoms with Gasteiger partial charge in [-0.1, -0.05) is 18.2 Å². The van der Waals surface area contributed by atoms with E-state index in [2.05, 4.69) is 16.0 Å². The first-order valence-corrected chi connectivity index (χ1v) is 8.58. The van der Waals surface area contributed by atoms with Gasteiger partial charge in [0, 0.05) is 48.5 Å². The van der Waals surface area contributed by atoms with Crippen molar-refractivity contribution in [1.82, 2.24) is 4.98 Å². The number of benzene rings is 2. The summed E-state index contributed by atoms with van der Waals surface area (Å²) in [4.78, 5) is 17.3. The number of hydrogen-bond acceptors (Lipinski definition) is 5. The van der Waals surface area contributed by atoms with E-state index in [1.54, 1.807) is 25.6 Å². The molecule has 3 aromatic rings. The molecule has 1 saturated heterocycles. The molecule has 6 nitrogen and oxygen atoms in total. The molecule has 132 valence electrons. The number of ether oxygens (including phenoxy) is 1. The summed E-state index contributed by atoms with van der Waals surface area (Å²) in [6, 6.07) is 13.4. The third-order valence-corrected chi connectivity index (χ3v) is 5.08. The predicted molar refractivity (Wildman–Crippen MR) is 101 cm³/mol. The quantitative estimate of drug-likeness (QED) is 0.523. The summed E-state index contributed by atoms with van der Waals surface area (Å²) >= 11 is 0. The number of rotatable bonds is 4. The van der Waals surface area contributed by atoms with Gasteiger partial charge in [0.05, 0.1) is 17.4 Å². The van der Waals surface area contributed by atoms with Crippen molar-refractivity contribution in [1.29, 1.82) is 0 Å². The van der Waals surface area contributed by atoms with E-state index >= 15 is 0 Å². The Bertz CT molecular complexity index is 973. The van der Waals surface area contributed by atoms with Crippen LogP contribution in [0, 0.1) is 10.1 Å². The Hall–Kier alpha value is -3.15. The van der Waals surface area contributed by atoms with E-state index in [0.29, 0.717) is 11.3 Å². The fourth-order valence-corrected chi connectivity index (χ4v) is 3.83. The van der Waals surface area contributed by atoms with Gasteiger partial charge in [-0.3, -0.25) is 15.1 Å². The van der Waals surface area contributed by atoms with Gasteiger partial charge < -0.3 is 9.64 Å². The highest BCUT2D eigenvalue weighted by Gasteiger charge is 2.28. The minimum absolute atomic E-state index is 0.0947. The van der Waals surface area contributed by atoms with Crippen molar-refractivity contribution >= 4 is 22.1 Å². The molecule has 1 aliphatic heterocycles. The molecule has 0 saturated carbocycles. The number of fused-ring (bicyclic) bond motifs is 1. The van der Waals surface area contributed by atoms with Crippen molar-refractivity contribution in [3.8, 4) is 5.75 Å². The van der Waals surface area contributed by atoms with E-state index in [1.165, 1.54) is 5.56 Å². The summed E-state index contributed by atoms with van der Waals surface area (Å²) in [6.45, 7) is 1.76. The van der Waals surface area contributed by atoms with Gasteiger partial charge in [-0.25, -0.2) is 0 Å². The number of anilines is 1. The number of hydrogen-bond donors (Lipinski definition) is 0. The van der Waals surface area contributed by atoms with Crippen LogP contribution in [0.3, 0.4) is 0 Å². The van der Waals surface area contributed by atoms with Gasteiger partial charge in [0.15, 0.2) is 0 Å². The van der Waals surface area contributed by atoms with Gasteiger partial charge in [0.2, 0.25) is 0 Å². The van der Waals surface area contributed by atoms with Crippen LogP contribution in [0.4, 0.5) is 11.4 Å². The van der Waals surface area contributed by atoms with Crippen molar-refractivity contribution in [2.45, 2.75) is 12.3 Å². The molecule has 1 unspecified atom stereocenters. The van der Waals surface area contributed by atoms with Crippen LogP contribution in [0.5, 0.6) is 5.75 Å². The van der Waals surface area contributed by atoms with Crippen LogP contribution in [0.15, 0.2) is 54.9 Å². The van der Waals surface area contributed by atoms with E-state index in [0.717, 1.165) is 36.3 Å². The molecule has 1 fully saturated rings. The highest BCUT2D eigenvalue weighted by Crippen LogP contribution is 2.39. The third-order valence-electron chi connectivity index (χ3n) is 5.08. The van der Waals surface area contributed by atoms with Gasteiger partial charge in [-0.05, 0) is 30.2 Å². The Balaban J connectivity index is 1.70. The lowest BCUT2D eigenvalue weighted by molar-refractivity contribution is -0.383. The summed E-state index contributed by atoms with van der Waals surface area (Å²) in [5.41, 5.74) is 2.33. The molecule has 0 aliphatic carbocycles. The third kappa shape index (κ3) is 2.73. The Labute approximate surface area is 151 Å². The van der Waals surface area contributed by atoms with Crippen LogP contribution >= 0.6 is 0 Å². The van der Waals surface area contributed by atoms with Crippen molar-refractivity contribution in [3.05, 3.63) is 70.5 Å². The van der Waals surface area contributed by atoms with Gasteiger partial charge in [0.1, 0.15) is 5.75 Å². The Morgan fingerprint density at radius 3 is 2.85 bits per heavy atom. The van der Waals surface area contributed by atoms with E-state index in [1.807, 2.05) is 30.3 Å². The SMILES string of the molecule is COc1ccccc1C1CCN(c2ccc([N+](=O)[O-])c3cnccc23)C1. The molecule has 0 radical (unpaired) electrons. The van der Waals surface area contributed by atoms with Crippen molar-refractivity contribution in [2.75, 3.05) is 25.1 Å². The highest BCUT2D eigenvalue weighted by atomic mass is 16.6. The van der Waals surface area contributed by atoms with Crippen LogP contribution in [-0.4, -0.2) is 30.1 Å². The normalized spacial score (nSPS) is 16.8. The molecule has 1 atom stereocenters. The molecule has 0 spiro atoms. The zero-order chi connectivity index (χ0) is 18.1. The molecule has 4 rings (SSSR count). The molecule has 0 bridgehead atoms. The zero-order valence-electron chi connectivity index (χ0n) is 14.5. The first kappa shape index (κ1) is 16.3. The largest absolute Gasteiger partial charge is 0.496 e. The van der Waals surface area contributed by atoms with Gasteiger partial charge in [0.25, 0.3) is 5.69 Å². The maximum absolute atomic E-state index is 11.3. The fraction of sp³-hybridized carbons (Fsp3) is 0.250. The van der Waals surface area contributed by atoms with E-state index in [9.17, 15) is 10.1 Å². The molecule has 1 aromatic heterocycles. The number of nitro benzene ring substituents is 1. The average molecular weight is 349 g/mol. The number of pyridine rings is 1. The van der Waals surface area contributed by atoms with Gasteiger partial charge in [-0.15, -0.1) is 0 Å². The van der Waals surface area contributed by atoms with Crippen molar-refractivity contribution in [3.63, 3.8) is 0 Å². The van der Waals surface area contributed by atoms with Crippen LogP contribution in [0.25, 0.3) is 10.8 Å². The maximum Gasteiger partial charge on any atom is 0.278 e. The monoisotopic (exact) mass is 349 g/mol. The van der Waals surface area contributed by atoms with Crippen LogP contribution in [0.2, 0.25) is 0 Å². The Kier molecular flexibility index (Phi) is 4.16. The smallest absolute Gasteiger partial charge is 0.278 e. The summed E-state index contributed by atoms with van der Waals surface area (Å²) in [5, 5.41) is 12.8. The number of non-ortho nitro benzene ring substituents is 1. The molecule has 1 aliphatic rings. The Morgan fingerprint density at radius 1 is 1.19 bits per heavy atom. The second kappa shape index (κ2) is 6.63. The lowest BCUT2D eigenvalue weighted by Gasteiger charge is -2.21. The molecular weight excluding hydrogens is 330 g/mol. The maximum atomic E-state index is 11.3. The van der Waals surface area contributed by atoms with Gasteiger partial charge >= 0.3 is 0 Å². The highest BCUT2D eigenvalue weighted by molar-refractivity contribution is 5.99. The number of aromatic nitrogens is 1. The number of methoxy groups -OCH3 is 1. The second-order valence-corrected chi connectivity index (χ2v) is 6.46. The zero-order valence-corrected chi connectivity index (χ0v) is 14.5. The molecule has 0 N–H and O–H groups in total. The lowest BCUT2D eigenvalue weighted by atomic mass is 9.97. The van der Waals surface area contributed by atoms with Crippen molar-refractivity contribution in [2.24, 2.45) is 0 Å².